The van der Waals surface area contributed by atoms with E-state index in [9.17, 15) is 9.59 Å². The number of ether oxygens (including phenoxy) is 1. The summed E-state index contributed by atoms with van der Waals surface area (Å²) in [5.74, 6) is -0.903. The van der Waals surface area contributed by atoms with Crippen molar-refractivity contribution < 1.29 is 14.3 Å². The number of aromatic nitrogens is 1. The Labute approximate surface area is 138 Å². The summed E-state index contributed by atoms with van der Waals surface area (Å²) in [7, 11) is 0. The number of halogens is 1. The van der Waals surface area contributed by atoms with E-state index in [0.717, 1.165) is 17.7 Å². The predicted molar refractivity (Wildman–Crippen MR) is 86.6 cm³/mol. The van der Waals surface area contributed by atoms with Gasteiger partial charge in [-0.05, 0) is 37.1 Å². The quantitative estimate of drug-likeness (QED) is 0.641. The van der Waals surface area contributed by atoms with Gasteiger partial charge in [0.05, 0.1) is 5.56 Å². The molecule has 1 unspecified atom stereocenters. The number of fused-ring (bicyclic) bond motifs is 1. The van der Waals surface area contributed by atoms with Crippen molar-refractivity contribution in [3.8, 4) is 0 Å². The van der Waals surface area contributed by atoms with Gasteiger partial charge < -0.3 is 9.64 Å². The number of anilines is 1. The van der Waals surface area contributed by atoms with Gasteiger partial charge in [-0.2, -0.15) is 0 Å². The summed E-state index contributed by atoms with van der Waals surface area (Å²) in [4.78, 5) is 30.2. The van der Waals surface area contributed by atoms with Crippen LogP contribution in [0.4, 0.5) is 5.69 Å². The zero-order valence-corrected chi connectivity index (χ0v) is 13.3. The minimum atomic E-state index is -0.898. The smallest absolute Gasteiger partial charge is 0.342 e. The highest BCUT2D eigenvalue weighted by Crippen LogP contribution is 2.28. The minimum absolute atomic E-state index is 0.0590. The summed E-state index contributed by atoms with van der Waals surface area (Å²) in [6, 6.07) is 10.8. The van der Waals surface area contributed by atoms with Crippen molar-refractivity contribution in [3.63, 3.8) is 0 Å². The van der Waals surface area contributed by atoms with E-state index in [1.807, 2.05) is 24.3 Å². The number of rotatable bonds is 3. The molecule has 1 aromatic carbocycles. The Bertz CT molecular complexity index is 763. The number of hydrogen-bond donors (Lipinski definition) is 0. The average molecular weight is 331 g/mol. The molecule has 0 bridgehead atoms. The van der Waals surface area contributed by atoms with Crippen LogP contribution in [0.2, 0.25) is 5.15 Å². The number of esters is 1. The van der Waals surface area contributed by atoms with Crippen LogP contribution in [0.15, 0.2) is 42.6 Å². The lowest BCUT2D eigenvalue weighted by Gasteiger charge is -2.21. The normalized spacial score (nSPS) is 14.3. The van der Waals surface area contributed by atoms with Gasteiger partial charge in [-0.25, -0.2) is 9.78 Å². The monoisotopic (exact) mass is 330 g/mol. The molecule has 2 aromatic rings. The molecule has 0 fully saturated rings. The Morgan fingerprint density at radius 3 is 2.83 bits per heavy atom. The second-order valence-electron chi connectivity index (χ2n) is 5.26. The molecule has 0 spiro atoms. The zero-order chi connectivity index (χ0) is 16.4. The second-order valence-corrected chi connectivity index (χ2v) is 5.62. The van der Waals surface area contributed by atoms with Crippen molar-refractivity contribution in [2.24, 2.45) is 0 Å². The highest BCUT2D eigenvalue weighted by atomic mass is 35.5. The molecule has 0 aliphatic carbocycles. The standard InChI is InChI=1S/C17H15ClN2O3/c1-11(23-17(22)13-6-4-9-19-15(13)18)16(21)20-10-8-12-5-2-3-7-14(12)20/h2-7,9,11H,8,10H2,1H3. The number of nitrogens with zero attached hydrogens (tertiary/aromatic N) is 2. The molecule has 0 saturated heterocycles. The third-order valence-corrected chi connectivity index (χ3v) is 4.06. The molecular formula is C17H15ClN2O3. The molecular weight excluding hydrogens is 316 g/mol. The number of hydrogen-bond acceptors (Lipinski definition) is 4. The molecule has 5 nitrogen and oxygen atoms in total. The zero-order valence-electron chi connectivity index (χ0n) is 12.5. The summed E-state index contributed by atoms with van der Waals surface area (Å²) >= 11 is 5.87. The van der Waals surface area contributed by atoms with E-state index >= 15 is 0 Å². The lowest BCUT2D eigenvalue weighted by molar-refractivity contribution is -0.126. The maximum Gasteiger partial charge on any atom is 0.342 e. The van der Waals surface area contributed by atoms with Gasteiger partial charge >= 0.3 is 5.97 Å². The Morgan fingerprint density at radius 2 is 2.04 bits per heavy atom. The summed E-state index contributed by atoms with van der Waals surface area (Å²) in [5.41, 5.74) is 2.14. The number of carbonyl (C=O) groups excluding carboxylic acids is 2. The highest BCUT2D eigenvalue weighted by molar-refractivity contribution is 6.32. The van der Waals surface area contributed by atoms with Crippen LogP contribution in [-0.2, 0) is 16.0 Å². The lowest BCUT2D eigenvalue weighted by Crippen LogP contribution is -2.39. The third kappa shape index (κ3) is 3.05. The fourth-order valence-corrected chi connectivity index (χ4v) is 2.80. The summed E-state index contributed by atoms with van der Waals surface area (Å²) < 4.78 is 5.25. The predicted octanol–water partition coefficient (Wildman–Crippen LogP) is 2.87. The molecule has 6 heteroatoms. The molecule has 0 radical (unpaired) electrons. The van der Waals surface area contributed by atoms with Gasteiger partial charge in [-0.1, -0.05) is 29.8 Å². The Kier molecular flexibility index (Phi) is 4.30. The van der Waals surface area contributed by atoms with Crippen LogP contribution in [-0.4, -0.2) is 29.5 Å². The maximum atomic E-state index is 12.6. The van der Waals surface area contributed by atoms with Gasteiger partial charge in [0.2, 0.25) is 0 Å². The van der Waals surface area contributed by atoms with E-state index < -0.39 is 12.1 Å². The molecule has 1 aliphatic rings. The van der Waals surface area contributed by atoms with Crippen LogP contribution in [0.1, 0.15) is 22.8 Å². The Morgan fingerprint density at radius 1 is 1.26 bits per heavy atom. The van der Waals surface area contributed by atoms with E-state index in [1.165, 1.54) is 12.3 Å². The molecule has 0 N–H and O–H groups in total. The van der Waals surface area contributed by atoms with Gasteiger partial charge in [0.1, 0.15) is 5.15 Å². The maximum absolute atomic E-state index is 12.6. The third-order valence-electron chi connectivity index (χ3n) is 3.76. The van der Waals surface area contributed by atoms with E-state index in [4.69, 9.17) is 16.3 Å². The Balaban J connectivity index is 1.72. The molecule has 1 atom stereocenters. The lowest BCUT2D eigenvalue weighted by atomic mass is 10.2. The van der Waals surface area contributed by atoms with E-state index in [2.05, 4.69) is 4.98 Å². The summed E-state index contributed by atoms with van der Waals surface area (Å²) in [6.45, 7) is 2.15. The van der Waals surface area contributed by atoms with Gasteiger partial charge in [0.15, 0.2) is 6.10 Å². The van der Waals surface area contributed by atoms with Crippen LogP contribution < -0.4 is 4.90 Å². The van der Waals surface area contributed by atoms with Crippen molar-refractivity contribution in [1.82, 2.24) is 4.98 Å². The molecule has 2 heterocycles. The van der Waals surface area contributed by atoms with Crippen LogP contribution in [0, 0.1) is 0 Å². The summed E-state index contributed by atoms with van der Waals surface area (Å²) in [5, 5.41) is 0.0590. The molecule has 118 valence electrons. The highest BCUT2D eigenvalue weighted by Gasteiger charge is 2.30. The van der Waals surface area contributed by atoms with E-state index in [-0.39, 0.29) is 16.6 Å². The van der Waals surface area contributed by atoms with E-state index in [1.54, 1.807) is 17.9 Å². The first-order chi connectivity index (χ1) is 11.1. The number of para-hydroxylation sites is 1. The number of carbonyl (C=O) groups is 2. The molecule has 1 amide bonds. The molecule has 0 saturated carbocycles. The largest absolute Gasteiger partial charge is 0.449 e. The fourth-order valence-electron chi connectivity index (χ4n) is 2.60. The topological polar surface area (TPSA) is 59.5 Å². The first-order valence-electron chi connectivity index (χ1n) is 7.28. The first kappa shape index (κ1) is 15.5. The van der Waals surface area contributed by atoms with Crippen LogP contribution >= 0.6 is 11.6 Å². The van der Waals surface area contributed by atoms with E-state index in [0.29, 0.717) is 6.54 Å². The molecule has 23 heavy (non-hydrogen) atoms. The van der Waals surface area contributed by atoms with Crippen molar-refractivity contribution >= 4 is 29.2 Å². The van der Waals surface area contributed by atoms with Crippen molar-refractivity contribution in [2.45, 2.75) is 19.4 Å². The molecule has 1 aliphatic heterocycles. The minimum Gasteiger partial charge on any atom is -0.449 e. The summed E-state index contributed by atoms with van der Waals surface area (Å²) in [6.07, 6.45) is 1.39. The number of pyridine rings is 1. The van der Waals surface area contributed by atoms with Gasteiger partial charge in [0, 0.05) is 18.4 Å². The van der Waals surface area contributed by atoms with Gasteiger partial charge in [0.25, 0.3) is 5.91 Å². The van der Waals surface area contributed by atoms with Crippen molar-refractivity contribution in [3.05, 3.63) is 58.9 Å². The average Bonchev–Trinajstić information content (AvgIpc) is 2.98. The number of benzene rings is 1. The van der Waals surface area contributed by atoms with Crippen LogP contribution in [0.25, 0.3) is 0 Å². The fraction of sp³-hybridized carbons (Fsp3) is 0.235. The molecule has 1 aromatic heterocycles. The van der Waals surface area contributed by atoms with Crippen LogP contribution in [0.5, 0.6) is 0 Å². The second kappa shape index (κ2) is 6.38. The van der Waals surface area contributed by atoms with Crippen LogP contribution in [0.3, 0.4) is 0 Å². The van der Waals surface area contributed by atoms with Gasteiger partial charge in [-0.3, -0.25) is 4.79 Å². The number of amides is 1. The van der Waals surface area contributed by atoms with Gasteiger partial charge in [-0.15, -0.1) is 0 Å². The molecule has 3 rings (SSSR count). The first-order valence-corrected chi connectivity index (χ1v) is 7.66. The van der Waals surface area contributed by atoms with Crippen molar-refractivity contribution in [1.29, 1.82) is 0 Å². The Hall–Kier alpha value is -2.40. The SMILES string of the molecule is CC(OC(=O)c1cccnc1Cl)C(=O)N1CCc2ccccc21. The van der Waals surface area contributed by atoms with Crippen molar-refractivity contribution in [2.75, 3.05) is 11.4 Å².